The number of allylic oxidation sites excluding steroid dienone is 5. The van der Waals surface area contributed by atoms with Gasteiger partial charge >= 0.3 is 0 Å². The van der Waals surface area contributed by atoms with E-state index in [2.05, 4.69) is 6.58 Å². The van der Waals surface area contributed by atoms with Gasteiger partial charge in [-0.3, -0.25) is 0 Å². The van der Waals surface area contributed by atoms with Crippen molar-refractivity contribution in [1.82, 2.24) is 0 Å². The largest absolute Gasteiger partial charge is 0.512 e. The maximum atomic E-state index is 9.03. The van der Waals surface area contributed by atoms with E-state index in [-0.39, 0.29) is 0 Å². The van der Waals surface area contributed by atoms with Gasteiger partial charge in [0.1, 0.15) is 0 Å². The van der Waals surface area contributed by atoms with E-state index in [4.69, 9.17) is 5.11 Å². The Balaban J connectivity index is 2.47. The number of hydrogen-bond acceptors (Lipinski definition) is 1. The van der Waals surface area contributed by atoms with E-state index in [1.165, 1.54) is 0 Å². The van der Waals surface area contributed by atoms with Gasteiger partial charge in [0.05, 0.1) is 5.76 Å². The van der Waals surface area contributed by atoms with Crippen LogP contribution in [0.25, 0.3) is 0 Å². The molecule has 1 nitrogen and oxygen atoms in total. The van der Waals surface area contributed by atoms with Gasteiger partial charge in [0.2, 0.25) is 0 Å². The van der Waals surface area contributed by atoms with Gasteiger partial charge in [-0.25, -0.2) is 0 Å². The van der Waals surface area contributed by atoms with Gasteiger partial charge in [-0.15, -0.1) is 6.58 Å². The zero-order valence-corrected chi connectivity index (χ0v) is 5.83. The van der Waals surface area contributed by atoms with Crippen LogP contribution in [0.3, 0.4) is 0 Å². The molecule has 0 bridgehead atoms. The Labute approximate surface area is 61.4 Å². The maximum absolute atomic E-state index is 9.03. The number of aliphatic hydroxyl groups excluding tert-OH is 1. The molecule has 0 spiro atoms. The SMILES string of the molecule is C=CCC1[CH]C(O)=CC=C1. The van der Waals surface area contributed by atoms with Crippen LogP contribution < -0.4 is 0 Å². The normalized spacial score (nSPS) is 24.0. The van der Waals surface area contributed by atoms with Crippen LogP contribution in [-0.2, 0) is 0 Å². The fourth-order valence-electron chi connectivity index (χ4n) is 0.966. The molecule has 53 valence electrons. The zero-order valence-electron chi connectivity index (χ0n) is 5.83. The van der Waals surface area contributed by atoms with E-state index in [1.807, 2.05) is 24.6 Å². The summed E-state index contributed by atoms with van der Waals surface area (Å²) in [6.45, 7) is 3.62. The maximum Gasteiger partial charge on any atom is 0.0966 e. The van der Waals surface area contributed by atoms with E-state index in [0.29, 0.717) is 11.7 Å². The summed E-state index contributed by atoms with van der Waals surface area (Å²) in [5.41, 5.74) is 0. The van der Waals surface area contributed by atoms with E-state index >= 15 is 0 Å². The molecule has 1 N–H and O–H groups in total. The molecule has 1 atom stereocenters. The van der Waals surface area contributed by atoms with Crippen molar-refractivity contribution in [3.05, 3.63) is 43.1 Å². The third-order valence-corrected chi connectivity index (χ3v) is 1.45. The fraction of sp³-hybridized carbons (Fsp3) is 0.222. The highest BCUT2D eigenvalue weighted by atomic mass is 16.3. The van der Waals surface area contributed by atoms with Crippen molar-refractivity contribution in [2.75, 3.05) is 0 Å². The van der Waals surface area contributed by atoms with Crippen LogP contribution in [0.1, 0.15) is 6.42 Å². The molecule has 0 aromatic rings. The molecule has 1 rings (SSSR count). The van der Waals surface area contributed by atoms with Crippen LogP contribution in [0.4, 0.5) is 0 Å². The summed E-state index contributed by atoms with van der Waals surface area (Å²) in [5, 5.41) is 9.03. The first-order chi connectivity index (χ1) is 4.83. The molecule has 0 fully saturated rings. The van der Waals surface area contributed by atoms with Crippen molar-refractivity contribution in [2.24, 2.45) is 5.92 Å². The van der Waals surface area contributed by atoms with Gasteiger partial charge in [-0.05, 0) is 18.4 Å². The highest BCUT2D eigenvalue weighted by Crippen LogP contribution is 2.18. The molecule has 1 radical (unpaired) electrons. The first-order valence-electron chi connectivity index (χ1n) is 3.36. The van der Waals surface area contributed by atoms with Crippen molar-refractivity contribution in [1.29, 1.82) is 0 Å². The third-order valence-electron chi connectivity index (χ3n) is 1.45. The molecule has 1 unspecified atom stereocenters. The van der Waals surface area contributed by atoms with Crippen LogP contribution in [0.15, 0.2) is 36.6 Å². The Morgan fingerprint density at radius 1 is 1.70 bits per heavy atom. The molecular weight excluding hydrogens is 124 g/mol. The summed E-state index contributed by atoms with van der Waals surface area (Å²) in [6, 6.07) is 0. The number of aliphatic hydroxyl groups is 1. The van der Waals surface area contributed by atoms with Crippen molar-refractivity contribution in [2.45, 2.75) is 6.42 Å². The summed E-state index contributed by atoms with van der Waals surface area (Å²) in [4.78, 5) is 0. The standard InChI is InChI=1S/C9H11O/c1-2-4-8-5-3-6-9(10)7-8/h2-3,5-8,10H,1,4H2. The first-order valence-corrected chi connectivity index (χ1v) is 3.36. The predicted molar refractivity (Wildman–Crippen MR) is 42.5 cm³/mol. The Bertz CT molecular complexity index is 177. The van der Waals surface area contributed by atoms with Crippen molar-refractivity contribution in [3.63, 3.8) is 0 Å². The molecule has 1 aliphatic carbocycles. The van der Waals surface area contributed by atoms with Gasteiger partial charge in [0, 0.05) is 6.42 Å². The molecule has 0 aromatic carbocycles. The van der Waals surface area contributed by atoms with Crippen LogP contribution in [-0.4, -0.2) is 5.11 Å². The lowest BCUT2D eigenvalue weighted by Crippen LogP contribution is -2.01. The Morgan fingerprint density at radius 2 is 2.50 bits per heavy atom. The lowest BCUT2D eigenvalue weighted by atomic mass is 9.96. The second-order valence-corrected chi connectivity index (χ2v) is 2.33. The predicted octanol–water partition coefficient (Wildman–Crippen LogP) is 2.39. The quantitative estimate of drug-likeness (QED) is 0.576. The molecule has 0 aliphatic heterocycles. The van der Waals surface area contributed by atoms with Crippen LogP contribution in [0, 0.1) is 12.3 Å². The number of rotatable bonds is 2. The van der Waals surface area contributed by atoms with Crippen molar-refractivity contribution < 1.29 is 5.11 Å². The van der Waals surface area contributed by atoms with Gasteiger partial charge < -0.3 is 5.11 Å². The van der Waals surface area contributed by atoms with Gasteiger partial charge in [-0.1, -0.05) is 18.2 Å². The fourth-order valence-corrected chi connectivity index (χ4v) is 0.966. The monoisotopic (exact) mass is 135 g/mol. The van der Waals surface area contributed by atoms with Crippen LogP contribution in [0.2, 0.25) is 0 Å². The Morgan fingerprint density at radius 3 is 3.10 bits per heavy atom. The summed E-state index contributed by atoms with van der Waals surface area (Å²) >= 11 is 0. The van der Waals surface area contributed by atoms with E-state index < -0.39 is 0 Å². The van der Waals surface area contributed by atoms with Gasteiger partial charge in [-0.2, -0.15) is 0 Å². The van der Waals surface area contributed by atoms with Gasteiger partial charge in [0.25, 0.3) is 0 Å². The second kappa shape index (κ2) is 3.25. The highest BCUT2D eigenvalue weighted by Gasteiger charge is 2.08. The summed E-state index contributed by atoms with van der Waals surface area (Å²) < 4.78 is 0. The Kier molecular flexibility index (Phi) is 2.32. The second-order valence-electron chi connectivity index (χ2n) is 2.33. The van der Waals surface area contributed by atoms with Crippen molar-refractivity contribution >= 4 is 0 Å². The minimum absolute atomic E-state index is 0.336. The van der Waals surface area contributed by atoms with Crippen LogP contribution in [0.5, 0.6) is 0 Å². The first kappa shape index (κ1) is 7.13. The van der Waals surface area contributed by atoms with E-state index in [0.717, 1.165) is 6.42 Å². The molecule has 0 heterocycles. The molecule has 1 heteroatoms. The van der Waals surface area contributed by atoms with Gasteiger partial charge in [0.15, 0.2) is 0 Å². The topological polar surface area (TPSA) is 20.2 Å². The molecule has 1 aliphatic rings. The summed E-state index contributed by atoms with van der Waals surface area (Å²) in [7, 11) is 0. The lowest BCUT2D eigenvalue weighted by molar-refractivity contribution is 0.406. The van der Waals surface area contributed by atoms with Crippen LogP contribution >= 0.6 is 0 Å². The highest BCUT2D eigenvalue weighted by molar-refractivity contribution is 5.23. The summed E-state index contributed by atoms with van der Waals surface area (Å²) in [6.07, 6.45) is 10.2. The molecular formula is C9H11O. The summed E-state index contributed by atoms with van der Waals surface area (Å²) in [5.74, 6) is 0.692. The third kappa shape index (κ3) is 1.76. The average Bonchev–Trinajstić information content (AvgIpc) is 1.88. The smallest absolute Gasteiger partial charge is 0.0966 e. The lowest BCUT2D eigenvalue weighted by Gasteiger charge is -2.11. The molecule has 10 heavy (non-hydrogen) atoms. The molecule has 0 saturated carbocycles. The average molecular weight is 135 g/mol. The molecule has 0 aromatic heterocycles. The minimum atomic E-state index is 0.336. The van der Waals surface area contributed by atoms with Crippen molar-refractivity contribution in [3.8, 4) is 0 Å². The van der Waals surface area contributed by atoms with E-state index in [1.54, 1.807) is 6.08 Å². The zero-order chi connectivity index (χ0) is 7.40. The van der Waals surface area contributed by atoms with E-state index in [9.17, 15) is 0 Å². The molecule has 0 amide bonds. The molecule has 0 saturated heterocycles. The number of hydrogen-bond donors (Lipinski definition) is 1. The Hall–Kier alpha value is -0.980. The minimum Gasteiger partial charge on any atom is -0.512 e.